The number of carbonyl (C=O) groups excluding carboxylic acids is 1. The SMILES string of the molecule is N=CN(N)Cc1ccc(-n2ncnc2-c2cc3c(s2)-c2ccc(C(N)=O)cc2OCC3)cc1. The van der Waals surface area contributed by atoms with Gasteiger partial charge in [-0.3, -0.25) is 15.2 Å². The summed E-state index contributed by atoms with van der Waals surface area (Å²) in [6.45, 7) is 0.963. The summed E-state index contributed by atoms with van der Waals surface area (Å²) >= 11 is 1.62. The van der Waals surface area contributed by atoms with E-state index < -0.39 is 5.91 Å². The molecule has 33 heavy (non-hydrogen) atoms. The second kappa shape index (κ2) is 8.49. The predicted octanol–water partition coefficient (Wildman–Crippen LogP) is 2.98. The molecule has 1 aliphatic heterocycles. The van der Waals surface area contributed by atoms with Crippen LogP contribution in [0.2, 0.25) is 0 Å². The van der Waals surface area contributed by atoms with Crippen LogP contribution in [0, 0.1) is 5.41 Å². The van der Waals surface area contributed by atoms with E-state index in [0.29, 0.717) is 24.5 Å². The van der Waals surface area contributed by atoms with Gasteiger partial charge in [0.05, 0.1) is 30.1 Å². The Bertz CT molecular complexity index is 1340. The molecule has 2 aromatic heterocycles. The van der Waals surface area contributed by atoms with E-state index in [9.17, 15) is 4.79 Å². The first kappa shape index (κ1) is 20.9. The smallest absolute Gasteiger partial charge is 0.248 e. The standard InChI is InChI=1S/C23H21N7O2S/c24-12-29(26)11-14-1-4-17(5-2-14)30-23(27-13-28-30)20-10-15-7-8-32-19-9-16(22(25)31)3-6-18(19)21(15)33-20/h1-6,9-10,12-13,24H,7-8,11,26H2,(H2,25,31). The number of nitrogens with one attached hydrogen (secondary N) is 1. The van der Waals surface area contributed by atoms with Crippen molar-refractivity contribution in [2.24, 2.45) is 11.6 Å². The van der Waals surface area contributed by atoms with Gasteiger partial charge in [0.15, 0.2) is 5.82 Å². The average molecular weight is 460 g/mol. The van der Waals surface area contributed by atoms with Gasteiger partial charge in [-0.2, -0.15) is 5.10 Å². The quantitative estimate of drug-likeness (QED) is 0.175. The fourth-order valence-electron chi connectivity index (χ4n) is 3.80. The normalized spacial score (nSPS) is 12.3. The van der Waals surface area contributed by atoms with Crippen LogP contribution in [0.3, 0.4) is 0 Å². The molecule has 4 aromatic rings. The Morgan fingerprint density at radius 1 is 1.24 bits per heavy atom. The first-order valence-corrected chi connectivity index (χ1v) is 11.1. The first-order valence-electron chi connectivity index (χ1n) is 10.2. The van der Waals surface area contributed by atoms with Crippen LogP contribution in [0.1, 0.15) is 21.5 Å². The largest absolute Gasteiger partial charge is 0.493 e. The number of ether oxygens (including phenoxy) is 1. The topological polar surface area (TPSA) is 136 Å². The summed E-state index contributed by atoms with van der Waals surface area (Å²) in [4.78, 5) is 18.2. The van der Waals surface area contributed by atoms with Gasteiger partial charge in [-0.1, -0.05) is 12.1 Å². The molecule has 0 unspecified atom stereocenters. The molecule has 1 amide bonds. The highest BCUT2D eigenvalue weighted by Crippen LogP contribution is 2.43. The van der Waals surface area contributed by atoms with Gasteiger partial charge in [0.25, 0.3) is 0 Å². The maximum atomic E-state index is 11.6. The maximum absolute atomic E-state index is 11.6. The molecule has 9 nitrogen and oxygen atoms in total. The number of amides is 1. The van der Waals surface area contributed by atoms with Crippen molar-refractivity contribution in [1.82, 2.24) is 19.8 Å². The molecule has 0 saturated carbocycles. The highest BCUT2D eigenvalue weighted by molar-refractivity contribution is 7.19. The number of hydrazine groups is 1. The molecular formula is C23H21N7O2S. The summed E-state index contributed by atoms with van der Waals surface area (Å²) in [5, 5.41) is 13.0. The monoisotopic (exact) mass is 459 g/mol. The fraction of sp³-hybridized carbons (Fsp3) is 0.130. The number of hydrogen-bond acceptors (Lipinski definition) is 7. The van der Waals surface area contributed by atoms with Crippen LogP contribution >= 0.6 is 11.3 Å². The number of carbonyl (C=O) groups is 1. The number of primary amides is 1. The first-order chi connectivity index (χ1) is 16.0. The molecule has 166 valence electrons. The Labute approximate surface area is 193 Å². The van der Waals surface area contributed by atoms with Crippen molar-refractivity contribution in [3.63, 3.8) is 0 Å². The lowest BCUT2D eigenvalue weighted by molar-refractivity contribution is 0.1000. The van der Waals surface area contributed by atoms with E-state index >= 15 is 0 Å². The van der Waals surface area contributed by atoms with Crippen molar-refractivity contribution in [1.29, 1.82) is 5.41 Å². The van der Waals surface area contributed by atoms with Crippen LogP contribution in [0.25, 0.3) is 26.8 Å². The number of fused-ring (bicyclic) bond motifs is 3. The summed E-state index contributed by atoms with van der Waals surface area (Å²) in [6, 6.07) is 15.3. The van der Waals surface area contributed by atoms with E-state index in [1.165, 1.54) is 10.6 Å². The van der Waals surface area contributed by atoms with Crippen molar-refractivity contribution < 1.29 is 9.53 Å². The summed E-state index contributed by atoms with van der Waals surface area (Å²) in [5.74, 6) is 6.62. The zero-order valence-corrected chi connectivity index (χ0v) is 18.4. The number of nitrogens with zero attached hydrogens (tertiary/aromatic N) is 4. The predicted molar refractivity (Wildman–Crippen MR) is 126 cm³/mol. The zero-order valence-electron chi connectivity index (χ0n) is 17.6. The lowest BCUT2D eigenvalue weighted by atomic mass is 10.1. The number of hydrogen-bond donors (Lipinski definition) is 3. The van der Waals surface area contributed by atoms with Gasteiger partial charge < -0.3 is 10.5 Å². The third-order valence-electron chi connectivity index (χ3n) is 5.43. The van der Waals surface area contributed by atoms with E-state index in [-0.39, 0.29) is 0 Å². The van der Waals surface area contributed by atoms with Gasteiger partial charge in [-0.25, -0.2) is 15.5 Å². The van der Waals surface area contributed by atoms with Crippen LogP contribution in [0.4, 0.5) is 0 Å². The van der Waals surface area contributed by atoms with E-state index in [1.54, 1.807) is 34.5 Å². The van der Waals surface area contributed by atoms with Crippen molar-refractivity contribution in [2.75, 3.05) is 6.61 Å². The van der Waals surface area contributed by atoms with Crippen molar-refractivity contribution in [2.45, 2.75) is 13.0 Å². The highest BCUT2D eigenvalue weighted by Gasteiger charge is 2.22. The molecule has 0 spiro atoms. The Hall–Kier alpha value is -4.02. The molecule has 5 N–H and O–H groups in total. The third-order valence-corrected chi connectivity index (χ3v) is 6.64. The number of rotatable bonds is 6. The minimum absolute atomic E-state index is 0.426. The molecule has 2 aromatic carbocycles. The lowest BCUT2D eigenvalue weighted by Gasteiger charge is -2.12. The number of benzene rings is 2. The molecule has 0 fully saturated rings. The van der Waals surface area contributed by atoms with E-state index in [2.05, 4.69) is 16.1 Å². The van der Waals surface area contributed by atoms with E-state index in [0.717, 1.165) is 45.2 Å². The number of nitrogens with two attached hydrogens (primary N) is 2. The van der Waals surface area contributed by atoms with Gasteiger partial charge >= 0.3 is 0 Å². The van der Waals surface area contributed by atoms with Crippen molar-refractivity contribution in [3.05, 3.63) is 71.5 Å². The summed E-state index contributed by atoms with van der Waals surface area (Å²) in [7, 11) is 0. The Balaban J connectivity index is 1.50. The van der Waals surface area contributed by atoms with Gasteiger partial charge in [0.1, 0.15) is 12.1 Å². The molecule has 0 radical (unpaired) electrons. The fourth-order valence-corrected chi connectivity index (χ4v) is 5.03. The molecule has 10 heteroatoms. The van der Waals surface area contributed by atoms with Crippen LogP contribution in [0.5, 0.6) is 5.75 Å². The van der Waals surface area contributed by atoms with Crippen LogP contribution < -0.4 is 16.3 Å². The number of thiophene rings is 1. The van der Waals surface area contributed by atoms with Gasteiger partial charge in [0, 0.05) is 22.4 Å². The molecule has 0 aliphatic carbocycles. The van der Waals surface area contributed by atoms with Gasteiger partial charge in [-0.05, 0) is 47.5 Å². The zero-order chi connectivity index (χ0) is 22.9. The van der Waals surface area contributed by atoms with Crippen molar-refractivity contribution >= 4 is 23.6 Å². The summed E-state index contributed by atoms with van der Waals surface area (Å²) in [5.41, 5.74) is 9.83. The molecular weight excluding hydrogens is 438 g/mol. The van der Waals surface area contributed by atoms with Crippen molar-refractivity contribution in [3.8, 4) is 32.6 Å². The average Bonchev–Trinajstić information content (AvgIpc) is 3.43. The Kier molecular flexibility index (Phi) is 5.37. The van der Waals surface area contributed by atoms with E-state index in [4.69, 9.17) is 21.7 Å². The summed E-state index contributed by atoms with van der Waals surface area (Å²) < 4.78 is 7.69. The van der Waals surface area contributed by atoms with Crippen LogP contribution in [-0.2, 0) is 13.0 Å². The molecule has 0 saturated heterocycles. The Morgan fingerprint density at radius 3 is 2.82 bits per heavy atom. The lowest BCUT2D eigenvalue weighted by Crippen LogP contribution is -2.28. The van der Waals surface area contributed by atoms with E-state index in [1.807, 2.05) is 30.3 Å². The molecule has 0 bridgehead atoms. The minimum Gasteiger partial charge on any atom is -0.493 e. The Morgan fingerprint density at radius 2 is 2.06 bits per heavy atom. The molecule has 0 atom stereocenters. The van der Waals surface area contributed by atoms with Crippen LogP contribution in [0.15, 0.2) is 54.9 Å². The third kappa shape index (κ3) is 3.97. The van der Waals surface area contributed by atoms with Crippen LogP contribution in [-0.4, -0.2) is 38.6 Å². The summed E-state index contributed by atoms with van der Waals surface area (Å²) in [6.07, 6.45) is 3.38. The molecule has 5 rings (SSSR count). The van der Waals surface area contributed by atoms with Gasteiger partial charge in [0.2, 0.25) is 5.91 Å². The maximum Gasteiger partial charge on any atom is 0.248 e. The second-order valence-electron chi connectivity index (χ2n) is 7.60. The molecule has 3 heterocycles. The minimum atomic E-state index is -0.478. The molecule has 1 aliphatic rings. The second-order valence-corrected chi connectivity index (χ2v) is 8.65. The number of aromatic nitrogens is 3. The van der Waals surface area contributed by atoms with Gasteiger partial charge in [-0.15, -0.1) is 11.3 Å². The highest BCUT2D eigenvalue weighted by atomic mass is 32.1.